The van der Waals surface area contributed by atoms with Crippen LogP contribution < -0.4 is 10.7 Å². The molecule has 16 heavy (non-hydrogen) atoms. The molecule has 2 rings (SSSR count). The Morgan fingerprint density at radius 3 is 2.62 bits per heavy atom. The van der Waals surface area contributed by atoms with Crippen LogP contribution in [0.15, 0.2) is 29.1 Å². The fraction of sp³-hybridized carbons (Fsp3) is 0.182. The summed E-state index contributed by atoms with van der Waals surface area (Å²) in [5.74, 6) is -2.08. The number of nitrogens with zero attached hydrogens (tertiary/aromatic N) is 1. The fourth-order valence-electron chi connectivity index (χ4n) is 1.58. The molecule has 0 bridgehead atoms. The molecule has 0 spiro atoms. The van der Waals surface area contributed by atoms with Crippen LogP contribution >= 0.6 is 0 Å². The number of benzene rings is 1. The molecule has 1 atom stereocenters. The molecule has 0 aliphatic carbocycles. The Labute approximate surface area is 90.7 Å². The molecule has 1 N–H and O–H groups in total. The molecule has 0 amide bonds. The molecule has 0 saturated carbocycles. The van der Waals surface area contributed by atoms with Gasteiger partial charge < -0.3 is 9.90 Å². The van der Waals surface area contributed by atoms with Gasteiger partial charge in [0.1, 0.15) is 0 Å². The number of carbonyl (C=O) groups is 1. The zero-order chi connectivity index (χ0) is 11.7. The van der Waals surface area contributed by atoms with Crippen molar-refractivity contribution in [2.45, 2.75) is 12.8 Å². The van der Waals surface area contributed by atoms with Gasteiger partial charge >= 0.3 is 0 Å². The van der Waals surface area contributed by atoms with Gasteiger partial charge in [0.15, 0.2) is 0 Å². The van der Waals surface area contributed by atoms with Crippen LogP contribution in [0.25, 0.3) is 10.8 Å². The van der Waals surface area contributed by atoms with Crippen LogP contribution in [0, 0.1) is 0 Å². The number of carbonyl (C=O) groups excluding carboxylic acids is 1. The van der Waals surface area contributed by atoms with E-state index in [4.69, 9.17) is 0 Å². The molecular weight excluding hydrogens is 208 g/mol. The summed E-state index contributed by atoms with van der Waals surface area (Å²) in [6.45, 7) is 1.47. The normalized spacial score (nSPS) is 12.6. The van der Waals surface area contributed by atoms with Crippen molar-refractivity contribution < 1.29 is 9.90 Å². The number of aliphatic carboxylic acids is 1. The lowest BCUT2D eigenvalue weighted by Gasteiger charge is -2.13. The second-order valence-corrected chi connectivity index (χ2v) is 3.52. The third kappa shape index (κ3) is 1.56. The first-order valence-corrected chi connectivity index (χ1v) is 4.79. The maximum absolute atomic E-state index is 11.4. The smallest absolute Gasteiger partial charge is 0.272 e. The number of aromatic nitrogens is 2. The summed E-state index contributed by atoms with van der Waals surface area (Å²) < 4.78 is 0. The number of fused-ring (bicyclic) bond motifs is 1. The monoisotopic (exact) mass is 217 g/mol. The molecular formula is C11H9N2O3-. The van der Waals surface area contributed by atoms with E-state index < -0.39 is 11.9 Å². The molecule has 0 aliphatic rings. The third-order valence-electron chi connectivity index (χ3n) is 2.49. The lowest BCUT2D eigenvalue weighted by molar-refractivity contribution is -0.307. The maximum atomic E-state index is 11.4. The number of rotatable bonds is 2. The van der Waals surface area contributed by atoms with Crippen LogP contribution in [0.2, 0.25) is 0 Å². The van der Waals surface area contributed by atoms with E-state index in [1.165, 1.54) is 6.92 Å². The van der Waals surface area contributed by atoms with Crippen LogP contribution in [0.3, 0.4) is 0 Å². The quantitative estimate of drug-likeness (QED) is 0.753. The number of carboxylic acid groups (broad SMARTS) is 1. The topological polar surface area (TPSA) is 85.9 Å². The number of H-pyrrole nitrogens is 1. The van der Waals surface area contributed by atoms with Crippen LogP contribution in [-0.4, -0.2) is 16.2 Å². The summed E-state index contributed by atoms with van der Waals surface area (Å²) in [4.78, 5) is 22.2. The Balaban J connectivity index is 2.77. The molecule has 0 aliphatic heterocycles. The second kappa shape index (κ2) is 3.77. The Morgan fingerprint density at radius 1 is 1.38 bits per heavy atom. The minimum atomic E-state index is -1.22. The van der Waals surface area contributed by atoms with Crippen LogP contribution in [0.5, 0.6) is 0 Å². The number of hydrogen-bond donors (Lipinski definition) is 1. The zero-order valence-corrected chi connectivity index (χ0v) is 8.56. The molecule has 5 nitrogen and oxygen atoms in total. The minimum Gasteiger partial charge on any atom is -0.549 e. The summed E-state index contributed by atoms with van der Waals surface area (Å²) in [5, 5.41) is 17.8. The first kappa shape index (κ1) is 10.4. The van der Waals surface area contributed by atoms with E-state index in [9.17, 15) is 14.7 Å². The first-order chi connectivity index (χ1) is 7.61. The molecule has 2 aromatic rings. The van der Waals surface area contributed by atoms with Crippen molar-refractivity contribution in [2.24, 2.45) is 0 Å². The van der Waals surface area contributed by atoms with Gasteiger partial charge in [-0.05, 0) is 6.07 Å². The van der Waals surface area contributed by atoms with Crippen molar-refractivity contribution in [3.63, 3.8) is 0 Å². The SMILES string of the molecule is C[C@@H](C(=O)[O-])c1n[nH]c(=O)c2ccccc12. The molecule has 0 fully saturated rings. The summed E-state index contributed by atoms with van der Waals surface area (Å²) in [6.07, 6.45) is 0. The zero-order valence-electron chi connectivity index (χ0n) is 8.56. The Kier molecular flexibility index (Phi) is 2.44. The highest BCUT2D eigenvalue weighted by Gasteiger charge is 2.13. The summed E-state index contributed by atoms with van der Waals surface area (Å²) in [7, 11) is 0. The van der Waals surface area contributed by atoms with E-state index in [1.807, 2.05) is 0 Å². The lowest BCUT2D eigenvalue weighted by Crippen LogP contribution is -2.29. The largest absolute Gasteiger partial charge is 0.549 e. The number of hydrogen-bond acceptors (Lipinski definition) is 4. The van der Waals surface area contributed by atoms with Gasteiger partial charge in [0, 0.05) is 11.3 Å². The molecule has 1 heterocycles. The van der Waals surface area contributed by atoms with Crippen molar-refractivity contribution in [3.05, 3.63) is 40.3 Å². The Morgan fingerprint density at radius 2 is 2.00 bits per heavy atom. The van der Waals surface area contributed by atoms with Crippen LogP contribution in [0.1, 0.15) is 18.5 Å². The third-order valence-corrected chi connectivity index (χ3v) is 2.49. The molecule has 1 aromatic carbocycles. The van der Waals surface area contributed by atoms with E-state index in [1.54, 1.807) is 24.3 Å². The van der Waals surface area contributed by atoms with Gasteiger partial charge in [-0.25, -0.2) is 5.10 Å². The van der Waals surface area contributed by atoms with Gasteiger partial charge in [-0.3, -0.25) is 4.79 Å². The fourth-order valence-corrected chi connectivity index (χ4v) is 1.58. The molecule has 0 saturated heterocycles. The Bertz CT molecular complexity index is 603. The van der Waals surface area contributed by atoms with Crippen LogP contribution in [0.4, 0.5) is 0 Å². The van der Waals surface area contributed by atoms with E-state index in [0.717, 1.165) is 0 Å². The minimum absolute atomic E-state index is 0.315. The van der Waals surface area contributed by atoms with Gasteiger partial charge in [-0.2, -0.15) is 5.10 Å². The second-order valence-electron chi connectivity index (χ2n) is 3.52. The molecule has 0 unspecified atom stereocenters. The highest BCUT2D eigenvalue weighted by Crippen LogP contribution is 2.19. The maximum Gasteiger partial charge on any atom is 0.272 e. The predicted molar refractivity (Wildman–Crippen MR) is 55.8 cm³/mol. The van der Waals surface area contributed by atoms with Crippen molar-refractivity contribution in [2.75, 3.05) is 0 Å². The van der Waals surface area contributed by atoms with Crippen molar-refractivity contribution in [1.82, 2.24) is 10.2 Å². The highest BCUT2D eigenvalue weighted by atomic mass is 16.4. The first-order valence-electron chi connectivity index (χ1n) is 4.79. The van der Waals surface area contributed by atoms with Crippen molar-refractivity contribution in [1.29, 1.82) is 0 Å². The molecule has 1 aromatic heterocycles. The van der Waals surface area contributed by atoms with E-state index in [-0.39, 0.29) is 5.56 Å². The summed E-state index contributed by atoms with van der Waals surface area (Å²) in [6, 6.07) is 6.74. The average molecular weight is 217 g/mol. The van der Waals surface area contributed by atoms with E-state index >= 15 is 0 Å². The molecule has 0 radical (unpaired) electrons. The van der Waals surface area contributed by atoms with Crippen molar-refractivity contribution in [3.8, 4) is 0 Å². The number of aromatic amines is 1. The van der Waals surface area contributed by atoms with Gasteiger partial charge in [0.05, 0.1) is 17.0 Å². The summed E-state index contributed by atoms with van der Waals surface area (Å²) in [5.41, 5.74) is -0.0138. The molecule has 82 valence electrons. The van der Waals surface area contributed by atoms with Gasteiger partial charge in [-0.1, -0.05) is 25.1 Å². The van der Waals surface area contributed by atoms with Gasteiger partial charge in [0.25, 0.3) is 5.56 Å². The summed E-state index contributed by atoms with van der Waals surface area (Å²) >= 11 is 0. The Hall–Kier alpha value is -2.17. The number of carboxylic acids is 1. The highest BCUT2D eigenvalue weighted by molar-refractivity contribution is 5.87. The standard InChI is InChI=1S/C11H10N2O3/c1-6(11(15)16)9-7-4-2-3-5-8(7)10(14)13-12-9/h2-6H,1H3,(H,13,14)(H,15,16)/p-1/t6-/m1/s1. The van der Waals surface area contributed by atoms with Gasteiger partial charge in [0.2, 0.25) is 0 Å². The predicted octanol–water partition coefficient (Wildman–Crippen LogP) is -0.224. The van der Waals surface area contributed by atoms with E-state index in [2.05, 4.69) is 10.2 Å². The molecule has 5 heteroatoms. The average Bonchev–Trinajstić information content (AvgIpc) is 2.29. The lowest BCUT2D eigenvalue weighted by atomic mass is 10.0. The van der Waals surface area contributed by atoms with E-state index in [0.29, 0.717) is 16.5 Å². The van der Waals surface area contributed by atoms with Crippen LogP contribution in [-0.2, 0) is 4.79 Å². The number of nitrogens with one attached hydrogen (secondary N) is 1. The van der Waals surface area contributed by atoms with Crippen molar-refractivity contribution >= 4 is 16.7 Å². The van der Waals surface area contributed by atoms with Gasteiger partial charge in [-0.15, -0.1) is 0 Å².